The Labute approximate surface area is 124 Å². The number of halogens is 1. The van der Waals surface area contributed by atoms with Gasteiger partial charge < -0.3 is 14.6 Å². The number of hydrogen-bond acceptors (Lipinski definition) is 4. The maximum atomic E-state index is 11.1. The van der Waals surface area contributed by atoms with Gasteiger partial charge in [0.1, 0.15) is 17.9 Å². The predicted octanol–water partition coefficient (Wildman–Crippen LogP) is 3.13. The summed E-state index contributed by atoms with van der Waals surface area (Å²) in [6, 6.07) is 8.33. The Morgan fingerprint density at radius 2 is 2.20 bits per heavy atom. The van der Waals surface area contributed by atoms with Crippen molar-refractivity contribution in [3.05, 3.63) is 52.1 Å². The number of hydrogen-bond donors (Lipinski definition) is 1. The van der Waals surface area contributed by atoms with E-state index in [1.807, 2.05) is 6.07 Å². The number of carbonyl (C=O) groups is 1. The molecule has 0 saturated carbocycles. The summed E-state index contributed by atoms with van der Waals surface area (Å²) in [5, 5.41) is 9.12. The second-order valence-electron chi connectivity index (χ2n) is 3.91. The van der Waals surface area contributed by atoms with Crippen molar-refractivity contribution < 1.29 is 19.4 Å². The zero-order chi connectivity index (χ0) is 14.5. The Hall–Kier alpha value is -2.08. The fourth-order valence-electron chi connectivity index (χ4n) is 1.67. The largest absolute Gasteiger partial charge is 0.488 e. The van der Waals surface area contributed by atoms with Crippen LogP contribution in [0, 0.1) is 0 Å². The highest BCUT2D eigenvalue weighted by atomic mass is 79.9. The molecule has 0 aliphatic heterocycles. The van der Waals surface area contributed by atoms with Gasteiger partial charge in [0.2, 0.25) is 5.88 Å². The molecule has 0 saturated heterocycles. The van der Waals surface area contributed by atoms with Gasteiger partial charge in [0, 0.05) is 10.7 Å². The Morgan fingerprint density at radius 1 is 1.40 bits per heavy atom. The van der Waals surface area contributed by atoms with Gasteiger partial charge in [0.15, 0.2) is 0 Å². The van der Waals surface area contributed by atoms with Gasteiger partial charge in [-0.1, -0.05) is 15.9 Å². The number of ether oxygens (including phenoxy) is 2. The molecule has 20 heavy (non-hydrogen) atoms. The molecule has 0 bridgehead atoms. The number of pyridine rings is 1. The average Bonchev–Trinajstić information content (AvgIpc) is 2.45. The molecule has 104 valence electrons. The molecule has 0 radical (unpaired) electrons. The third-order valence-corrected chi connectivity index (χ3v) is 3.09. The normalized spacial score (nSPS) is 10.1. The summed E-state index contributed by atoms with van der Waals surface area (Å²) in [6.45, 7) is 0.174. The van der Waals surface area contributed by atoms with E-state index in [2.05, 4.69) is 20.9 Å². The first-order chi connectivity index (χ1) is 9.61. The molecule has 5 nitrogen and oxygen atoms in total. The van der Waals surface area contributed by atoms with Gasteiger partial charge in [-0.05, 0) is 30.3 Å². The molecule has 0 amide bonds. The zero-order valence-electron chi connectivity index (χ0n) is 10.7. The minimum Gasteiger partial charge on any atom is -0.488 e. The van der Waals surface area contributed by atoms with Crippen LogP contribution in [0.5, 0.6) is 11.6 Å². The van der Waals surface area contributed by atoms with Gasteiger partial charge >= 0.3 is 5.97 Å². The zero-order valence-corrected chi connectivity index (χ0v) is 12.3. The van der Waals surface area contributed by atoms with Crippen LogP contribution >= 0.6 is 15.9 Å². The van der Waals surface area contributed by atoms with Crippen LogP contribution in [0.3, 0.4) is 0 Å². The van der Waals surface area contributed by atoms with Gasteiger partial charge in [0.25, 0.3) is 0 Å². The van der Waals surface area contributed by atoms with Crippen LogP contribution < -0.4 is 9.47 Å². The molecule has 0 aliphatic rings. The van der Waals surface area contributed by atoms with E-state index < -0.39 is 5.97 Å². The number of benzene rings is 1. The summed E-state index contributed by atoms with van der Waals surface area (Å²) in [4.78, 5) is 15.2. The fourth-order valence-corrected chi connectivity index (χ4v) is 2.01. The molecular weight excluding hydrogens is 326 g/mol. The Balaban J connectivity index is 2.22. The Bertz CT molecular complexity index is 630. The first-order valence-corrected chi connectivity index (χ1v) is 6.54. The minimum atomic E-state index is -1.04. The van der Waals surface area contributed by atoms with E-state index in [1.165, 1.54) is 13.2 Å². The van der Waals surface area contributed by atoms with E-state index in [9.17, 15) is 4.79 Å². The molecule has 0 unspecified atom stereocenters. The SMILES string of the molecule is COc1ncccc1COc1cc(Br)ccc1C(=O)O. The summed E-state index contributed by atoms with van der Waals surface area (Å²) < 4.78 is 11.4. The van der Waals surface area contributed by atoms with Gasteiger partial charge in [-0.25, -0.2) is 9.78 Å². The lowest BCUT2D eigenvalue weighted by Crippen LogP contribution is -2.05. The first kappa shape index (κ1) is 14.3. The molecule has 0 spiro atoms. The third kappa shape index (κ3) is 3.27. The van der Waals surface area contributed by atoms with Crippen molar-refractivity contribution in [3.8, 4) is 11.6 Å². The quantitative estimate of drug-likeness (QED) is 0.907. The number of carboxylic acid groups (broad SMARTS) is 1. The number of methoxy groups -OCH3 is 1. The van der Waals surface area contributed by atoms with E-state index in [-0.39, 0.29) is 17.9 Å². The van der Waals surface area contributed by atoms with Crippen molar-refractivity contribution in [1.82, 2.24) is 4.98 Å². The molecule has 1 aromatic carbocycles. The highest BCUT2D eigenvalue weighted by Gasteiger charge is 2.13. The molecule has 6 heteroatoms. The fraction of sp³-hybridized carbons (Fsp3) is 0.143. The molecule has 1 heterocycles. The molecule has 2 rings (SSSR count). The van der Waals surface area contributed by atoms with E-state index >= 15 is 0 Å². The second kappa shape index (κ2) is 6.38. The van der Waals surface area contributed by atoms with Crippen molar-refractivity contribution in [1.29, 1.82) is 0 Å². The first-order valence-electron chi connectivity index (χ1n) is 5.75. The second-order valence-corrected chi connectivity index (χ2v) is 4.82. The lowest BCUT2D eigenvalue weighted by atomic mass is 10.2. The van der Waals surface area contributed by atoms with Crippen LogP contribution in [0.15, 0.2) is 41.0 Å². The summed E-state index contributed by atoms with van der Waals surface area (Å²) in [5.74, 6) is -0.289. The van der Waals surface area contributed by atoms with Crippen LogP contribution in [0.25, 0.3) is 0 Å². The summed E-state index contributed by atoms with van der Waals surface area (Å²) in [6.07, 6.45) is 1.62. The lowest BCUT2D eigenvalue weighted by molar-refractivity contribution is 0.0691. The molecule has 0 fully saturated rings. The molecule has 2 aromatic rings. The number of aromatic nitrogens is 1. The number of carboxylic acids is 1. The monoisotopic (exact) mass is 337 g/mol. The van der Waals surface area contributed by atoms with Crippen molar-refractivity contribution in [2.24, 2.45) is 0 Å². The van der Waals surface area contributed by atoms with Crippen LogP contribution in [0.2, 0.25) is 0 Å². The lowest BCUT2D eigenvalue weighted by Gasteiger charge is -2.11. The highest BCUT2D eigenvalue weighted by Crippen LogP contribution is 2.25. The smallest absolute Gasteiger partial charge is 0.339 e. The van der Waals surface area contributed by atoms with Crippen molar-refractivity contribution in [2.75, 3.05) is 7.11 Å². The maximum Gasteiger partial charge on any atom is 0.339 e. The number of rotatable bonds is 5. The van der Waals surface area contributed by atoms with E-state index in [1.54, 1.807) is 24.4 Å². The molecule has 1 aromatic heterocycles. The highest BCUT2D eigenvalue weighted by molar-refractivity contribution is 9.10. The maximum absolute atomic E-state index is 11.1. The summed E-state index contributed by atoms with van der Waals surface area (Å²) >= 11 is 3.29. The van der Waals surface area contributed by atoms with Crippen LogP contribution in [0.1, 0.15) is 15.9 Å². The molecule has 0 aliphatic carbocycles. The van der Waals surface area contributed by atoms with E-state index in [4.69, 9.17) is 14.6 Å². The Kier molecular flexibility index (Phi) is 4.57. The standard InChI is InChI=1S/C14H12BrNO4/c1-19-13-9(3-2-6-16-13)8-20-12-7-10(15)4-5-11(12)14(17)18/h2-7H,8H2,1H3,(H,17,18). The van der Waals surface area contributed by atoms with Crippen molar-refractivity contribution in [2.45, 2.75) is 6.61 Å². The Morgan fingerprint density at radius 3 is 2.90 bits per heavy atom. The predicted molar refractivity (Wildman–Crippen MR) is 76.2 cm³/mol. The van der Waals surface area contributed by atoms with E-state index in [0.29, 0.717) is 5.88 Å². The van der Waals surface area contributed by atoms with Crippen LogP contribution in [0.4, 0.5) is 0 Å². The van der Waals surface area contributed by atoms with Crippen LogP contribution in [-0.4, -0.2) is 23.2 Å². The molecular formula is C14H12BrNO4. The van der Waals surface area contributed by atoms with Crippen molar-refractivity contribution in [3.63, 3.8) is 0 Å². The summed E-state index contributed by atoms with van der Waals surface area (Å²) in [7, 11) is 1.52. The topological polar surface area (TPSA) is 68.7 Å². The van der Waals surface area contributed by atoms with Gasteiger partial charge in [-0.2, -0.15) is 0 Å². The van der Waals surface area contributed by atoms with Gasteiger partial charge in [-0.3, -0.25) is 0 Å². The molecule has 0 atom stereocenters. The minimum absolute atomic E-state index is 0.107. The average molecular weight is 338 g/mol. The van der Waals surface area contributed by atoms with Crippen molar-refractivity contribution >= 4 is 21.9 Å². The third-order valence-electron chi connectivity index (χ3n) is 2.60. The van der Waals surface area contributed by atoms with Gasteiger partial charge in [-0.15, -0.1) is 0 Å². The van der Waals surface area contributed by atoms with E-state index in [0.717, 1.165) is 10.0 Å². The summed E-state index contributed by atoms with van der Waals surface area (Å²) in [5.41, 5.74) is 0.849. The number of aromatic carboxylic acids is 1. The van der Waals surface area contributed by atoms with Gasteiger partial charge in [0.05, 0.1) is 12.7 Å². The molecule has 1 N–H and O–H groups in total. The van der Waals surface area contributed by atoms with Crippen LogP contribution in [-0.2, 0) is 6.61 Å². The number of nitrogens with zero attached hydrogens (tertiary/aromatic N) is 1.